The van der Waals surface area contributed by atoms with Gasteiger partial charge in [-0.2, -0.15) is 0 Å². The van der Waals surface area contributed by atoms with Gasteiger partial charge in [-0.25, -0.2) is 9.38 Å². The average Bonchev–Trinajstić information content (AvgIpc) is 3.39. The summed E-state index contributed by atoms with van der Waals surface area (Å²) in [6.07, 6.45) is 1.83. The Hall–Kier alpha value is -5.31. The molecule has 1 atom stereocenters. The molecule has 1 aliphatic rings. The van der Waals surface area contributed by atoms with Crippen LogP contribution in [0.1, 0.15) is 29.7 Å². The summed E-state index contributed by atoms with van der Waals surface area (Å²) in [5, 5.41) is 5.49. The molecule has 1 amide bonds. The quantitative estimate of drug-likeness (QED) is 0.194. The van der Waals surface area contributed by atoms with Gasteiger partial charge >= 0.3 is 0 Å². The van der Waals surface area contributed by atoms with E-state index in [-0.39, 0.29) is 5.56 Å². The lowest BCUT2D eigenvalue weighted by Crippen LogP contribution is -2.40. The van der Waals surface area contributed by atoms with Crippen LogP contribution in [-0.2, 0) is 11.4 Å². The Labute approximate surface area is 278 Å². The monoisotopic (exact) mass is 659 g/mol. The van der Waals surface area contributed by atoms with E-state index in [4.69, 9.17) is 21.3 Å². The van der Waals surface area contributed by atoms with E-state index in [1.54, 1.807) is 31.2 Å². The van der Waals surface area contributed by atoms with Crippen molar-refractivity contribution in [3.05, 3.63) is 174 Å². The zero-order chi connectivity index (χ0) is 32.5. The average molecular weight is 660 g/mol. The van der Waals surface area contributed by atoms with Gasteiger partial charge in [-0.1, -0.05) is 95.7 Å². The van der Waals surface area contributed by atoms with Crippen LogP contribution in [0.4, 0.5) is 10.1 Å². The van der Waals surface area contributed by atoms with Gasteiger partial charge in [0.25, 0.3) is 11.5 Å². The van der Waals surface area contributed by atoms with Gasteiger partial charge in [0.2, 0.25) is 0 Å². The number of benzene rings is 5. The van der Waals surface area contributed by atoms with Crippen LogP contribution < -0.4 is 24.9 Å². The molecular weight excluding hydrogens is 633 g/mol. The van der Waals surface area contributed by atoms with Gasteiger partial charge in [0.1, 0.15) is 18.2 Å². The predicted molar refractivity (Wildman–Crippen MR) is 185 cm³/mol. The van der Waals surface area contributed by atoms with Gasteiger partial charge in [-0.15, -0.1) is 0 Å². The highest BCUT2D eigenvalue weighted by molar-refractivity contribution is 7.07. The first kappa shape index (κ1) is 30.3. The number of nitrogens with zero attached hydrogens (tertiary/aromatic N) is 2. The topological polar surface area (TPSA) is 72.7 Å². The van der Waals surface area contributed by atoms with Gasteiger partial charge in [-0.05, 0) is 77.4 Å². The summed E-state index contributed by atoms with van der Waals surface area (Å²) in [5.41, 5.74) is 3.34. The highest BCUT2D eigenvalue weighted by Crippen LogP contribution is 2.32. The molecule has 0 fully saturated rings. The second kappa shape index (κ2) is 12.8. The molecule has 0 unspecified atom stereocenters. The zero-order valence-corrected chi connectivity index (χ0v) is 26.7. The molecule has 232 valence electrons. The summed E-state index contributed by atoms with van der Waals surface area (Å²) in [6, 6.07) is 33.3. The van der Waals surface area contributed by atoms with Gasteiger partial charge < -0.3 is 10.1 Å². The smallest absolute Gasteiger partial charge is 0.271 e. The summed E-state index contributed by atoms with van der Waals surface area (Å²) < 4.78 is 22.3. The number of carbonyl (C=O) groups is 1. The first-order valence-corrected chi connectivity index (χ1v) is 16.1. The first-order chi connectivity index (χ1) is 22.9. The Morgan fingerprint density at radius 1 is 0.957 bits per heavy atom. The maximum atomic E-state index is 14.4. The van der Waals surface area contributed by atoms with E-state index in [1.165, 1.54) is 28.0 Å². The number of aromatic nitrogens is 1. The van der Waals surface area contributed by atoms with E-state index < -0.39 is 17.8 Å². The molecular formula is C38H27ClFN3O3S. The molecule has 0 aliphatic carbocycles. The standard InChI is InChI=1S/C38H27ClFN3O3S/c1-23-34(36(44)42-29-8-3-2-4-9-29)35(26-13-18-28(40)19-14-26)43-37(45)33(47-38(43)41-23)21-31-30-10-6-5-7-25(30)15-20-32(31)46-22-24-11-16-27(39)17-12-24/h2-21,35H,22H2,1H3,(H,42,44)/b33-21+/t35-/m1/s1. The van der Waals surface area contributed by atoms with Crippen molar-refractivity contribution in [2.75, 3.05) is 5.32 Å². The highest BCUT2D eigenvalue weighted by atomic mass is 35.5. The molecule has 47 heavy (non-hydrogen) atoms. The number of hydrogen-bond donors (Lipinski definition) is 1. The van der Waals surface area contributed by atoms with E-state index in [0.717, 1.165) is 21.9 Å². The first-order valence-electron chi connectivity index (χ1n) is 14.9. The van der Waals surface area contributed by atoms with E-state index in [2.05, 4.69) is 5.32 Å². The van der Waals surface area contributed by atoms with Crippen molar-refractivity contribution in [1.82, 2.24) is 4.57 Å². The Balaban J connectivity index is 1.36. The number of anilines is 1. The fourth-order valence-electron chi connectivity index (χ4n) is 5.72. The minimum absolute atomic E-state index is 0.302. The molecule has 6 aromatic rings. The van der Waals surface area contributed by atoms with E-state index in [9.17, 15) is 14.0 Å². The molecule has 0 spiro atoms. The van der Waals surface area contributed by atoms with E-state index in [1.807, 2.05) is 84.9 Å². The van der Waals surface area contributed by atoms with Crippen LogP contribution in [0, 0.1) is 5.82 Å². The number of ether oxygens (including phenoxy) is 1. The van der Waals surface area contributed by atoms with Crippen LogP contribution in [0.2, 0.25) is 5.02 Å². The predicted octanol–water partition coefficient (Wildman–Crippen LogP) is 7.40. The van der Waals surface area contributed by atoms with Crippen molar-refractivity contribution in [2.24, 2.45) is 4.99 Å². The number of para-hydroxylation sites is 1. The molecule has 0 radical (unpaired) electrons. The molecule has 1 N–H and O–H groups in total. The zero-order valence-electron chi connectivity index (χ0n) is 25.1. The molecule has 0 saturated heterocycles. The molecule has 9 heteroatoms. The van der Waals surface area contributed by atoms with Gasteiger partial charge in [0, 0.05) is 16.3 Å². The lowest BCUT2D eigenvalue weighted by molar-refractivity contribution is -0.113. The fraction of sp³-hybridized carbons (Fsp3) is 0.0789. The van der Waals surface area contributed by atoms with Crippen molar-refractivity contribution in [3.8, 4) is 5.75 Å². The van der Waals surface area contributed by atoms with Crippen LogP contribution in [0.5, 0.6) is 5.75 Å². The van der Waals surface area contributed by atoms with Crippen molar-refractivity contribution in [3.63, 3.8) is 0 Å². The number of thiazole rings is 1. The van der Waals surface area contributed by atoms with Crippen LogP contribution in [0.3, 0.4) is 0 Å². The number of allylic oxidation sites excluding steroid dienone is 1. The molecule has 0 bridgehead atoms. The Bertz CT molecular complexity index is 2350. The van der Waals surface area contributed by atoms with Crippen molar-refractivity contribution >= 4 is 51.4 Å². The highest BCUT2D eigenvalue weighted by Gasteiger charge is 2.32. The van der Waals surface area contributed by atoms with E-state index >= 15 is 0 Å². The van der Waals surface area contributed by atoms with Crippen LogP contribution in [0.25, 0.3) is 16.8 Å². The minimum atomic E-state index is -0.828. The van der Waals surface area contributed by atoms with Crippen molar-refractivity contribution in [2.45, 2.75) is 19.6 Å². The van der Waals surface area contributed by atoms with Crippen molar-refractivity contribution < 1.29 is 13.9 Å². The molecule has 6 nitrogen and oxygen atoms in total. The Kier molecular flexibility index (Phi) is 8.28. The number of hydrogen-bond acceptors (Lipinski definition) is 5. The summed E-state index contributed by atoms with van der Waals surface area (Å²) >= 11 is 7.30. The minimum Gasteiger partial charge on any atom is -0.488 e. The summed E-state index contributed by atoms with van der Waals surface area (Å²) in [7, 11) is 0. The molecule has 2 heterocycles. The maximum Gasteiger partial charge on any atom is 0.271 e. The largest absolute Gasteiger partial charge is 0.488 e. The third kappa shape index (κ3) is 6.13. The summed E-state index contributed by atoms with van der Waals surface area (Å²) in [6.45, 7) is 2.06. The second-order valence-corrected chi connectivity index (χ2v) is 12.5. The number of amides is 1. The lowest BCUT2D eigenvalue weighted by Gasteiger charge is -2.25. The fourth-order valence-corrected chi connectivity index (χ4v) is 6.87. The number of carbonyl (C=O) groups excluding carboxylic acids is 1. The number of fused-ring (bicyclic) bond motifs is 2. The SMILES string of the molecule is CC1=C(C(=O)Nc2ccccc2)[C@@H](c2ccc(F)cc2)n2c(s/c(=C/c3c(OCc4ccc(Cl)cc4)ccc4ccccc34)c2=O)=N1. The third-order valence-corrected chi connectivity index (χ3v) is 9.23. The van der Waals surface area contributed by atoms with Crippen LogP contribution in [-0.4, -0.2) is 10.5 Å². The molecule has 7 rings (SSSR count). The molecule has 5 aromatic carbocycles. The second-order valence-electron chi connectivity index (χ2n) is 11.1. The van der Waals surface area contributed by atoms with Gasteiger partial charge in [0.05, 0.1) is 21.8 Å². The number of rotatable bonds is 7. The lowest BCUT2D eigenvalue weighted by atomic mass is 9.95. The molecule has 0 saturated carbocycles. The van der Waals surface area contributed by atoms with Crippen LogP contribution in [0.15, 0.2) is 136 Å². The van der Waals surface area contributed by atoms with Crippen molar-refractivity contribution in [1.29, 1.82) is 0 Å². The number of nitrogens with one attached hydrogen (secondary N) is 1. The van der Waals surface area contributed by atoms with Gasteiger partial charge in [-0.3, -0.25) is 14.2 Å². The van der Waals surface area contributed by atoms with E-state index in [0.29, 0.717) is 49.2 Å². The van der Waals surface area contributed by atoms with Gasteiger partial charge in [0.15, 0.2) is 4.80 Å². The Morgan fingerprint density at radius 2 is 1.68 bits per heavy atom. The van der Waals surface area contributed by atoms with Crippen LogP contribution >= 0.6 is 22.9 Å². The summed E-state index contributed by atoms with van der Waals surface area (Å²) in [5.74, 6) is -0.203. The normalized spacial score (nSPS) is 14.5. The maximum absolute atomic E-state index is 14.4. The molecule has 1 aliphatic heterocycles. The summed E-state index contributed by atoms with van der Waals surface area (Å²) in [4.78, 5) is 33.3. The number of halogens is 2. The Morgan fingerprint density at radius 3 is 2.45 bits per heavy atom. The third-order valence-electron chi connectivity index (χ3n) is 8.00. The molecule has 1 aromatic heterocycles.